The second-order valence-corrected chi connectivity index (χ2v) is 20.5. The Balaban J connectivity index is 2.74. The average Bonchev–Trinajstić information content (AvgIpc) is 3.12. The number of unbranched alkanes of at least 4 members (excludes halogenated alkanes) is 5. The third-order valence-electron chi connectivity index (χ3n) is 5.76. The van der Waals surface area contributed by atoms with Gasteiger partial charge < -0.3 is 13.7 Å². The fourth-order valence-corrected chi connectivity index (χ4v) is 6.15. The first kappa shape index (κ1) is 31.8. The summed E-state index contributed by atoms with van der Waals surface area (Å²) in [6.07, 6.45) is 17.3. The van der Waals surface area contributed by atoms with Gasteiger partial charge in [-0.25, -0.2) is 0 Å². The first-order valence-corrected chi connectivity index (χ1v) is 20.8. The second-order valence-electron chi connectivity index (χ2n) is 11.6. The van der Waals surface area contributed by atoms with Crippen LogP contribution in [-0.2, 0) is 18.5 Å². The van der Waals surface area contributed by atoms with Crippen LogP contribution < -0.4 is 0 Å². The molecule has 0 heterocycles. The topological polar surface area (TPSA) is 57.1 Å². The van der Waals surface area contributed by atoms with Crippen LogP contribution >= 0.6 is 0 Å². The molecule has 202 valence electrons. The van der Waals surface area contributed by atoms with Crippen molar-refractivity contribution < 1.29 is 18.5 Å². The van der Waals surface area contributed by atoms with Crippen molar-refractivity contribution in [3.63, 3.8) is 0 Å². The summed E-state index contributed by atoms with van der Waals surface area (Å²) >= 11 is 0. The maximum Gasteiger partial charge on any atom is 0.292 e. The number of hydrogen-bond donors (Lipinski definition) is 0. The number of carbonyl (C=O) groups excluding carboxylic acids is 1. The van der Waals surface area contributed by atoms with Crippen molar-refractivity contribution >= 4 is 28.3 Å². The van der Waals surface area contributed by atoms with E-state index in [1.807, 2.05) is 6.92 Å². The summed E-state index contributed by atoms with van der Waals surface area (Å²) < 4.78 is 12.0. The number of nitrogens with zero attached hydrogens (tertiary/aromatic N) is 1. The van der Waals surface area contributed by atoms with Gasteiger partial charge in [0.1, 0.15) is 6.61 Å². The molecule has 0 aromatic rings. The van der Waals surface area contributed by atoms with Gasteiger partial charge in [-0.05, 0) is 95.9 Å². The van der Waals surface area contributed by atoms with Crippen LogP contribution in [0.15, 0.2) is 28.5 Å². The Morgan fingerprint density at radius 2 is 1.66 bits per heavy atom. The number of rotatable bonds is 18. The Hall–Kier alpha value is -1.19. The normalized spacial score (nSPS) is 17.0. The third kappa shape index (κ3) is 15.5. The van der Waals surface area contributed by atoms with Gasteiger partial charge in [-0.2, -0.15) is 0 Å². The summed E-state index contributed by atoms with van der Waals surface area (Å²) in [4.78, 5) is 17.4. The summed E-state index contributed by atoms with van der Waals surface area (Å²) in [5.74, 6) is -0.0322. The Morgan fingerprint density at radius 3 is 2.29 bits per heavy atom. The standard InChI is InChI=1S/C28H53NO4Si2/c1-9-11-14-17-25(32-34(3,4)5)22-20-24-21-23-27(29-31-10-2)26(24)18-15-12-13-16-19-28(30)33-35(6,7)8/h20,22,25H,9-19,21,23H2,1-8H3/b22-20+,29-27?/t25-/m0/s1. The van der Waals surface area contributed by atoms with Gasteiger partial charge in [0, 0.05) is 6.42 Å². The predicted octanol–water partition coefficient (Wildman–Crippen LogP) is 8.54. The van der Waals surface area contributed by atoms with Crippen molar-refractivity contribution in [3.05, 3.63) is 23.3 Å². The molecule has 0 N–H and O–H groups in total. The maximum absolute atomic E-state index is 11.9. The van der Waals surface area contributed by atoms with Gasteiger partial charge >= 0.3 is 0 Å². The molecule has 0 aromatic carbocycles. The van der Waals surface area contributed by atoms with E-state index in [0.717, 1.165) is 57.1 Å². The number of carbonyl (C=O) groups is 1. The van der Waals surface area contributed by atoms with Crippen molar-refractivity contribution in [2.75, 3.05) is 6.61 Å². The molecule has 1 atom stereocenters. The zero-order valence-electron chi connectivity index (χ0n) is 24.0. The van der Waals surface area contributed by atoms with Crippen LogP contribution in [0.25, 0.3) is 0 Å². The van der Waals surface area contributed by atoms with Crippen molar-refractivity contribution in [1.82, 2.24) is 0 Å². The lowest BCUT2D eigenvalue weighted by Crippen LogP contribution is -2.31. The molecule has 1 aliphatic carbocycles. The van der Waals surface area contributed by atoms with Crippen LogP contribution in [0.4, 0.5) is 0 Å². The predicted molar refractivity (Wildman–Crippen MR) is 154 cm³/mol. The molecule has 0 spiro atoms. The van der Waals surface area contributed by atoms with Gasteiger partial charge in [-0.15, -0.1) is 0 Å². The van der Waals surface area contributed by atoms with E-state index in [1.54, 1.807) is 0 Å². The molecule has 0 aliphatic heterocycles. The minimum absolute atomic E-state index is 0.0322. The minimum Gasteiger partial charge on any atom is -0.520 e. The van der Waals surface area contributed by atoms with E-state index in [-0.39, 0.29) is 12.1 Å². The van der Waals surface area contributed by atoms with Crippen LogP contribution in [0.2, 0.25) is 39.3 Å². The summed E-state index contributed by atoms with van der Waals surface area (Å²) in [6.45, 7) is 17.8. The molecule has 0 radical (unpaired) electrons. The first-order valence-electron chi connectivity index (χ1n) is 13.9. The molecule has 0 saturated heterocycles. The van der Waals surface area contributed by atoms with Crippen molar-refractivity contribution in [3.8, 4) is 0 Å². The summed E-state index contributed by atoms with van der Waals surface area (Å²) in [5.41, 5.74) is 3.86. The molecule has 1 aliphatic rings. The minimum atomic E-state index is -1.77. The molecular weight excluding hydrogens is 470 g/mol. The van der Waals surface area contributed by atoms with Gasteiger partial charge in [-0.3, -0.25) is 4.79 Å². The highest BCUT2D eigenvalue weighted by Gasteiger charge is 2.23. The quantitative estimate of drug-likeness (QED) is 0.103. The molecule has 0 unspecified atom stereocenters. The van der Waals surface area contributed by atoms with Crippen molar-refractivity contribution in [1.29, 1.82) is 0 Å². The van der Waals surface area contributed by atoms with E-state index in [0.29, 0.717) is 13.0 Å². The van der Waals surface area contributed by atoms with Crippen LogP contribution in [0.3, 0.4) is 0 Å². The molecule has 0 bridgehead atoms. The van der Waals surface area contributed by atoms with Gasteiger partial charge in [0.2, 0.25) is 8.32 Å². The van der Waals surface area contributed by atoms with E-state index in [1.165, 1.54) is 30.4 Å². The molecule has 1 rings (SSSR count). The van der Waals surface area contributed by atoms with E-state index in [4.69, 9.17) is 13.7 Å². The molecule has 0 fully saturated rings. The first-order chi connectivity index (χ1) is 16.4. The Kier molecular flexibility index (Phi) is 15.0. The van der Waals surface area contributed by atoms with Gasteiger partial charge in [0.05, 0.1) is 11.8 Å². The summed E-state index contributed by atoms with van der Waals surface area (Å²) in [5, 5.41) is 4.44. The smallest absolute Gasteiger partial charge is 0.292 e. The zero-order valence-corrected chi connectivity index (χ0v) is 26.0. The van der Waals surface area contributed by atoms with Gasteiger partial charge in [0.25, 0.3) is 5.97 Å². The van der Waals surface area contributed by atoms with E-state index in [2.05, 4.69) is 63.5 Å². The Bertz CT molecular complexity index is 717. The molecule has 7 heteroatoms. The highest BCUT2D eigenvalue weighted by Crippen LogP contribution is 2.30. The Labute approximate surface area is 218 Å². The lowest BCUT2D eigenvalue weighted by molar-refractivity contribution is -0.135. The maximum atomic E-state index is 11.9. The number of allylic oxidation sites excluding steroid dienone is 3. The molecule has 0 aromatic heterocycles. The molecule has 35 heavy (non-hydrogen) atoms. The summed E-state index contributed by atoms with van der Waals surface area (Å²) in [6, 6.07) is 0. The fourth-order valence-electron chi connectivity index (χ4n) is 4.26. The average molecular weight is 524 g/mol. The van der Waals surface area contributed by atoms with Crippen LogP contribution in [-0.4, -0.2) is 41.0 Å². The largest absolute Gasteiger partial charge is 0.520 e. The van der Waals surface area contributed by atoms with Gasteiger partial charge in [0.15, 0.2) is 8.32 Å². The molecule has 0 saturated carbocycles. The Morgan fingerprint density at radius 1 is 0.943 bits per heavy atom. The highest BCUT2D eigenvalue weighted by atomic mass is 28.4. The van der Waals surface area contributed by atoms with Crippen LogP contribution in [0.1, 0.15) is 90.9 Å². The van der Waals surface area contributed by atoms with E-state index < -0.39 is 16.6 Å². The van der Waals surface area contributed by atoms with E-state index in [9.17, 15) is 4.79 Å². The van der Waals surface area contributed by atoms with Crippen LogP contribution in [0, 0.1) is 0 Å². The monoisotopic (exact) mass is 523 g/mol. The van der Waals surface area contributed by atoms with E-state index >= 15 is 0 Å². The zero-order chi connectivity index (χ0) is 26.3. The van der Waals surface area contributed by atoms with Crippen LogP contribution in [0.5, 0.6) is 0 Å². The van der Waals surface area contributed by atoms with Crippen molar-refractivity contribution in [2.45, 2.75) is 136 Å². The SMILES string of the molecule is CCCCC[C@@H](/C=C/C1=C(CCCCCCC(=O)O[Si](C)(C)C)C(=NOCC)CC1)O[Si](C)(C)C. The van der Waals surface area contributed by atoms with Crippen molar-refractivity contribution in [2.24, 2.45) is 5.16 Å². The molecule has 0 amide bonds. The second kappa shape index (κ2) is 16.5. The third-order valence-corrected chi connectivity index (χ3v) is 7.61. The fraction of sp³-hybridized carbons (Fsp3) is 0.786. The lowest BCUT2D eigenvalue weighted by atomic mass is 10.0. The number of oxime groups is 1. The summed E-state index contributed by atoms with van der Waals surface area (Å²) in [7, 11) is -3.38. The molecule has 5 nitrogen and oxygen atoms in total. The number of hydrogen-bond acceptors (Lipinski definition) is 5. The van der Waals surface area contributed by atoms with Gasteiger partial charge in [-0.1, -0.05) is 56.3 Å². The lowest BCUT2D eigenvalue weighted by Gasteiger charge is -2.24. The molecular formula is C28H53NO4Si2. The highest BCUT2D eigenvalue weighted by molar-refractivity contribution is 6.71.